The van der Waals surface area contributed by atoms with E-state index in [4.69, 9.17) is 9.47 Å². The number of cyclic esters (lactones) is 1. The number of fused-ring (bicyclic) bond motifs is 1. The summed E-state index contributed by atoms with van der Waals surface area (Å²) in [4.78, 5) is 24.6. The number of hydrogen-bond acceptors (Lipinski definition) is 4. The van der Waals surface area contributed by atoms with E-state index in [0.29, 0.717) is 17.5 Å². The maximum atomic E-state index is 12.3. The minimum absolute atomic E-state index is 0.138. The number of esters is 2. The number of carbonyl (C=O) groups is 2. The summed E-state index contributed by atoms with van der Waals surface area (Å²) in [6, 6.07) is 0. The summed E-state index contributed by atoms with van der Waals surface area (Å²) < 4.78 is 11.3. The van der Waals surface area contributed by atoms with E-state index in [2.05, 4.69) is 22.6 Å². The molecule has 0 aromatic rings. The molecule has 0 aromatic carbocycles. The summed E-state index contributed by atoms with van der Waals surface area (Å²) in [6.45, 7) is 6.11. The Morgan fingerprint density at radius 1 is 1.53 bits per heavy atom. The molecule has 106 valence electrons. The molecule has 1 aliphatic heterocycles. The average molecular weight is 378 g/mol. The summed E-state index contributed by atoms with van der Waals surface area (Å²) in [6.07, 6.45) is 1.10. The molecule has 0 bridgehead atoms. The van der Waals surface area contributed by atoms with Gasteiger partial charge in [-0.1, -0.05) is 33.7 Å². The summed E-state index contributed by atoms with van der Waals surface area (Å²) in [5.41, 5.74) is 1.29. The first kappa shape index (κ1) is 14.8. The van der Waals surface area contributed by atoms with Crippen molar-refractivity contribution < 1.29 is 19.1 Å². The SMILES string of the molecule is CCOC(=O)[C@]12CCC(=C(C)C)[C@H]1[C@H](CI)OC2=O. The van der Waals surface area contributed by atoms with Gasteiger partial charge in [0.2, 0.25) is 0 Å². The van der Waals surface area contributed by atoms with Crippen molar-refractivity contribution in [3.8, 4) is 0 Å². The number of rotatable bonds is 3. The number of carbonyl (C=O) groups excluding carboxylic acids is 2. The van der Waals surface area contributed by atoms with Crippen molar-refractivity contribution in [3.63, 3.8) is 0 Å². The molecule has 2 fully saturated rings. The standard InChI is InChI=1S/C14H19IO4/c1-4-18-12(16)14-6-5-9(8(2)3)11(14)10(7-15)19-13(14)17/h10-11H,4-7H2,1-3H3/t10-,11-,14-/m0/s1. The van der Waals surface area contributed by atoms with Gasteiger partial charge in [-0.15, -0.1) is 0 Å². The first-order valence-electron chi connectivity index (χ1n) is 6.59. The van der Waals surface area contributed by atoms with Crippen LogP contribution in [0.15, 0.2) is 11.1 Å². The Kier molecular flexibility index (Phi) is 4.23. The fourth-order valence-corrected chi connectivity index (χ4v) is 3.96. The fourth-order valence-electron chi connectivity index (χ4n) is 3.28. The van der Waals surface area contributed by atoms with E-state index >= 15 is 0 Å². The van der Waals surface area contributed by atoms with Crippen molar-refractivity contribution in [1.29, 1.82) is 0 Å². The third-order valence-corrected chi connectivity index (χ3v) is 4.99. The van der Waals surface area contributed by atoms with Crippen molar-refractivity contribution >= 4 is 34.5 Å². The lowest BCUT2D eigenvalue weighted by Gasteiger charge is -2.24. The van der Waals surface area contributed by atoms with Crippen LogP contribution in [0, 0.1) is 11.3 Å². The van der Waals surface area contributed by atoms with Crippen LogP contribution in [0.1, 0.15) is 33.6 Å². The van der Waals surface area contributed by atoms with Crippen LogP contribution in [-0.4, -0.2) is 29.1 Å². The van der Waals surface area contributed by atoms with E-state index < -0.39 is 17.4 Å². The molecule has 1 saturated carbocycles. The Labute approximate surface area is 127 Å². The minimum atomic E-state index is -1.08. The number of hydrogen-bond donors (Lipinski definition) is 0. The van der Waals surface area contributed by atoms with Crippen LogP contribution in [0.25, 0.3) is 0 Å². The molecule has 1 saturated heterocycles. The van der Waals surface area contributed by atoms with Gasteiger partial charge in [-0.2, -0.15) is 0 Å². The predicted octanol–water partition coefficient (Wildman–Crippen LogP) is 2.64. The lowest BCUT2D eigenvalue weighted by Crippen LogP contribution is -2.40. The Morgan fingerprint density at radius 2 is 2.21 bits per heavy atom. The van der Waals surface area contributed by atoms with E-state index in [1.54, 1.807) is 6.92 Å². The summed E-state index contributed by atoms with van der Waals surface area (Å²) in [5.74, 6) is -0.941. The van der Waals surface area contributed by atoms with Crippen molar-refractivity contribution in [2.24, 2.45) is 11.3 Å². The lowest BCUT2D eigenvalue weighted by molar-refractivity contribution is -0.165. The highest BCUT2D eigenvalue weighted by atomic mass is 127. The predicted molar refractivity (Wildman–Crippen MR) is 78.9 cm³/mol. The topological polar surface area (TPSA) is 52.6 Å². The summed E-state index contributed by atoms with van der Waals surface area (Å²) >= 11 is 2.21. The van der Waals surface area contributed by atoms with Crippen LogP contribution in [0.4, 0.5) is 0 Å². The molecule has 4 nitrogen and oxygen atoms in total. The molecule has 0 unspecified atom stereocenters. The van der Waals surface area contributed by atoms with Gasteiger partial charge in [0, 0.05) is 10.3 Å². The van der Waals surface area contributed by atoms with Crippen LogP contribution >= 0.6 is 22.6 Å². The maximum absolute atomic E-state index is 12.3. The summed E-state index contributed by atoms with van der Waals surface area (Å²) in [7, 11) is 0. The van der Waals surface area contributed by atoms with Crippen molar-refractivity contribution in [2.75, 3.05) is 11.0 Å². The molecular formula is C14H19IO4. The van der Waals surface area contributed by atoms with Crippen LogP contribution in [-0.2, 0) is 19.1 Å². The Morgan fingerprint density at radius 3 is 2.74 bits per heavy atom. The van der Waals surface area contributed by atoms with Gasteiger partial charge in [0.15, 0.2) is 5.41 Å². The first-order chi connectivity index (χ1) is 8.98. The Bertz CT molecular complexity index is 439. The molecule has 0 amide bonds. The molecule has 3 atom stereocenters. The second kappa shape index (κ2) is 5.42. The molecule has 0 spiro atoms. The van der Waals surface area contributed by atoms with E-state index in [1.165, 1.54) is 11.1 Å². The van der Waals surface area contributed by atoms with Crippen LogP contribution in [0.3, 0.4) is 0 Å². The zero-order valence-corrected chi connectivity index (χ0v) is 13.7. The van der Waals surface area contributed by atoms with Crippen molar-refractivity contribution in [1.82, 2.24) is 0 Å². The van der Waals surface area contributed by atoms with Gasteiger partial charge >= 0.3 is 11.9 Å². The highest BCUT2D eigenvalue weighted by Crippen LogP contribution is 2.56. The van der Waals surface area contributed by atoms with E-state index in [9.17, 15) is 9.59 Å². The lowest BCUT2D eigenvalue weighted by atomic mass is 9.76. The second-order valence-corrected chi connectivity index (χ2v) is 6.17. The van der Waals surface area contributed by atoms with E-state index in [0.717, 1.165) is 6.42 Å². The maximum Gasteiger partial charge on any atom is 0.324 e. The van der Waals surface area contributed by atoms with Gasteiger partial charge in [0.25, 0.3) is 0 Å². The van der Waals surface area contributed by atoms with Gasteiger partial charge in [-0.3, -0.25) is 9.59 Å². The molecule has 2 aliphatic rings. The molecule has 0 N–H and O–H groups in total. The minimum Gasteiger partial charge on any atom is -0.465 e. The van der Waals surface area contributed by atoms with Gasteiger partial charge in [-0.05, 0) is 33.6 Å². The zero-order chi connectivity index (χ0) is 14.2. The van der Waals surface area contributed by atoms with Crippen molar-refractivity contribution in [2.45, 2.75) is 39.7 Å². The highest BCUT2D eigenvalue weighted by molar-refractivity contribution is 14.1. The third kappa shape index (κ3) is 2.10. The smallest absolute Gasteiger partial charge is 0.324 e. The average Bonchev–Trinajstić information content (AvgIpc) is 2.87. The number of halogens is 1. The third-order valence-electron chi connectivity index (χ3n) is 4.12. The monoisotopic (exact) mass is 378 g/mol. The van der Waals surface area contributed by atoms with Gasteiger partial charge < -0.3 is 9.47 Å². The van der Waals surface area contributed by atoms with Crippen molar-refractivity contribution in [3.05, 3.63) is 11.1 Å². The largest absolute Gasteiger partial charge is 0.465 e. The summed E-state index contributed by atoms with van der Waals surface area (Å²) in [5, 5.41) is 0. The molecule has 1 aliphatic carbocycles. The van der Waals surface area contributed by atoms with E-state index in [1.807, 2.05) is 13.8 Å². The first-order valence-corrected chi connectivity index (χ1v) is 8.12. The number of allylic oxidation sites excluding steroid dienone is 1. The molecular weight excluding hydrogens is 359 g/mol. The van der Waals surface area contributed by atoms with Gasteiger partial charge in [0.05, 0.1) is 6.61 Å². The second-order valence-electron chi connectivity index (χ2n) is 5.29. The Hall–Kier alpha value is -0.590. The molecule has 0 aromatic heterocycles. The van der Waals surface area contributed by atoms with Gasteiger partial charge in [0.1, 0.15) is 6.10 Å². The molecule has 2 rings (SSSR count). The quantitative estimate of drug-likeness (QED) is 0.249. The highest BCUT2D eigenvalue weighted by Gasteiger charge is 2.66. The van der Waals surface area contributed by atoms with Crippen LogP contribution < -0.4 is 0 Å². The molecule has 0 radical (unpaired) electrons. The molecule has 1 heterocycles. The van der Waals surface area contributed by atoms with E-state index in [-0.39, 0.29) is 12.0 Å². The number of ether oxygens (including phenoxy) is 2. The fraction of sp³-hybridized carbons (Fsp3) is 0.714. The van der Waals surface area contributed by atoms with Crippen LogP contribution in [0.5, 0.6) is 0 Å². The molecule has 19 heavy (non-hydrogen) atoms. The normalized spacial score (nSPS) is 33.1. The zero-order valence-electron chi connectivity index (χ0n) is 11.5. The van der Waals surface area contributed by atoms with Crippen LogP contribution in [0.2, 0.25) is 0 Å². The number of alkyl halides is 1. The Balaban J connectivity index is 2.48. The van der Waals surface area contributed by atoms with Gasteiger partial charge in [-0.25, -0.2) is 0 Å². The molecule has 5 heteroatoms.